The number of nitrogens with zero attached hydrogens (tertiary/aromatic N) is 5. The van der Waals surface area contributed by atoms with E-state index in [4.69, 9.17) is 5.73 Å². The normalized spacial score (nSPS) is 19.6. The number of piperazine rings is 1. The number of nitrogens with two attached hydrogens (primary N) is 1. The molecule has 202 valence electrons. The van der Waals surface area contributed by atoms with Crippen molar-refractivity contribution in [3.05, 3.63) is 72.4 Å². The molecule has 3 saturated heterocycles. The molecule has 2 amide bonds. The summed E-state index contributed by atoms with van der Waals surface area (Å²) in [5.41, 5.74) is 10.3. The third-order valence-corrected chi connectivity index (χ3v) is 8.80. The Morgan fingerprint density at radius 1 is 0.795 bits per heavy atom. The molecule has 3 fully saturated rings. The monoisotopic (exact) mass is 524 g/mol. The quantitative estimate of drug-likeness (QED) is 0.560. The summed E-state index contributed by atoms with van der Waals surface area (Å²) >= 11 is 0. The Balaban J connectivity index is 1.07. The van der Waals surface area contributed by atoms with Crippen LogP contribution in [0.1, 0.15) is 29.6 Å². The number of rotatable bonds is 4. The van der Waals surface area contributed by atoms with Crippen LogP contribution < -0.4 is 15.5 Å². The maximum Gasteiger partial charge on any atom is 0.253 e. The predicted molar refractivity (Wildman–Crippen MR) is 155 cm³/mol. The first-order valence-electron chi connectivity index (χ1n) is 13.9. The number of carbonyl (C=O) groups is 2. The summed E-state index contributed by atoms with van der Waals surface area (Å²) in [7, 11) is 2.15. The lowest BCUT2D eigenvalue weighted by atomic mass is 9.77. The van der Waals surface area contributed by atoms with E-state index < -0.39 is 0 Å². The first-order chi connectivity index (χ1) is 18.9. The van der Waals surface area contributed by atoms with Crippen LogP contribution in [-0.2, 0) is 4.79 Å². The molecule has 0 radical (unpaired) electrons. The van der Waals surface area contributed by atoms with Crippen molar-refractivity contribution in [3.8, 4) is 11.1 Å². The van der Waals surface area contributed by atoms with E-state index >= 15 is 0 Å². The van der Waals surface area contributed by atoms with Crippen molar-refractivity contribution in [2.45, 2.75) is 19.3 Å². The summed E-state index contributed by atoms with van der Waals surface area (Å²) in [5.74, 6) is 0.734. The zero-order valence-electron chi connectivity index (χ0n) is 22.6. The number of carbonyl (C=O) groups excluding carboxylic acids is 2. The molecule has 0 bridgehead atoms. The summed E-state index contributed by atoms with van der Waals surface area (Å²) in [6.45, 7) is 6.06. The zero-order chi connectivity index (χ0) is 27.0. The highest BCUT2D eigenvalue weighted by Gasteiger charge is 2.49. The number of aromatic nitrogens is 1. The third kappa shape index (κ3) is 4.96. The molecular weight excluding hydrogens is 488 g/mol. The van der Waals surface area contributed by atoms with Crippen LogP contribution in [0.25, 0.3) is 11.1 Å². The molecule has 2 aromatic carbocycles. The summed E-state index contributed by atoms with van der Waals surface area (Å²) in [6.07, 6.45) is 3.95. The van der Waals surface area contributed by atoms with Gasteiger partial charge >= 0.3 is 0 Å². The van der Waals surface area contributed by atoms with Gasteiger partial charge in [-0.25, -0.2) is 4.98 Å². The van der Waals surface area contributed by atoms with E-state index in [0.717, 1.165) is 55.0 Å². The average molecular weight is 525 g/mol. The van der Waals surface area contributed by atoms with Crippen LogP contribution in [0.3, 0.4) is 0 Å². The van der Waals surface area contributed by atoms with Crippen LogP contribution in [-0.4, -0.2) is 79.5 Å². The second-order valence-electron chi connectivity index (χ2n) is 11.1. The second kappa shape index (κ2) is 10.3. The Morgan fingerprint density at radius 2 is 1.44 bits per heavy atom. The summed E-state index contributed by atoms with van der Waals surface area (Å²) < 4.78 is 0. The van der Waals surface area contributed by atoms with E-state index in [-0.39, 0.29) is 17.2 Å². The van der Waals surface area contributed by atoms with Crippen LogP contribution in [0, 0.1) is 5.41 Å². The first kappa shape index (κ1) is 25.4. The molecule has 39 heavy (non-hydrogen) atoms. The summed E-state index contributed by atoms with van der Waals surface area (Å²) in [6, 6.07) is 19.9. The van der Waals surface area contributed by atoms with Gasteiger partial charge in [0.05, 0.1) is 5.41 Å². The number of pyridine rings is 1. The number of hydrogen-bond donors (Lipinski definition) is 1. The van der Waals surface area contributed by atoms with Crippen LogP contribution in [0.15, 0.2) is 66.9 Å². The third-order valence-electron chi connectivity index (χ3n) is 8.80. The van der Waals surface area contributed by atoms with Gasteiger partial charge in [-0.3, -0.25) is 9.59 Å². The largest absolute Gasteiger partial charge is 0.384 e. The molecule has 1 spiro atoms. The van der Waals surface area contributed by atoms with Gasteiger partial charge < -0.3 is 25.3 Å². The minimum atomic E-state index is -0.375. The van der Waals surface area contributed by atoms with Gasteiger partial charge in [-0.05, 0) is 86.0 Å². The smallest absolute Gasteiger partial charge is 0.253 e. The first-order valence-corrected chi connectivity index (χ1v) is 13.9. The number of amides is 2. The van der Waals surface area contributed by atoms with Crippen molar-refractivity contribution in [3.63, 3.8) is 0 Å². The molecular formula is C31H36N6O2. The fraction of sp³-hybridized carbons (Fsp3) is 0.387. The molecule has 8 heteroatoms. The van der Waals surface area contributed by atoms with Gasteiger partial charge in [0.2, 0.25) is 5.91 Å². The molecule has 6 rings (SSSR count). The molecule has 3 aliphatic heterocycles. The molecule has 4 heterocycles. The maximum atomic E-state index is 13.6. The number of likely N-dealkylation sites (tertiary alicyclic amines) is 1. The second-order valence-corrected chi connectivity index (χ2v) is 11.1. The number of likely N-dealkylation sites (N-methyl/N-ethyl adjacent to an activating group) is 1. The van der Waals surface area contributed by atoms with Crippen LogP contribution >= 0.6 is 0 Å². The fourth-order valence-corrected chi connectivity index (χ4v) is 6.19. The van der Waals surface area contributed by atoms with Crippen molar-refractivity contribution in [2.24, 2.45) is 5.41 Å². The molecule has 2 N–H and O–H groups in total. The van der Waals surface area contributed by atoms with Crippen LogP contribution in [0.4, 0.5) is 17.2 Å². The highest BCUT2D eigenvalue weighted by molar-refractivity contribution is 6.00. The van der Waals surface area contributed by atoms with Crippen molar-refractivity contribution in [1.82, 2.24) is 14.8 Å². The number of hydrogen-bond acceptors (Lipinski definition) is 6. The molecule has 3 aliphatic rings. The van der Waals surface area contributed by atoms with Crippen LogP contribution in [0.5, 0.6) is 0 Å². The topological polar surface area (TPSA) is 86.0 Å². The van der Waals surface area contributed by atoms with Crippen molar-refractivity contribution >= 4 is 29.0 Å². The van der Waals surface area contributed by atoms with Gasteiger partial charge in [-0.15, -0.1) is 0 Å². The van der Waals surface area contributed by atoms with E-state index in [1.54, 1.807) is 6.20 Å². The van der Waals surface area contributed by atoms with Gasteiger partial charge in [0.25, 0.3) is 5.91 Å². The lowest BCUT2D eigenvalue weighted by Gasteiger charge is -2.38. The molecule has 3 aromatic rings. The minimum Gasteiger partial charge on any atom is -0.384 e. The Morgan fingerprint density at radius 3 is 2.10 bits per heavy atom. The van der Waals surface area contributed by atoms with Gasteiger partial charge in [-0.2, -0.15) is 0 Å². The van der Waals surface area contributed by atoms with Gasteiger partial charge in [0.15, 0.2) is 0 Å². The van der Waals surface area contributed by atoms with Crippen molar-refractivity contribution < 1.29 is 9.59 Å². The average Bonchev–Trinajstić information content (AvgIpc) is 3.28. The molecule has 0 atom stereocenters. The minimum absolute atomic E-state index is 0.0596. The summed E-state index contributed by atoms with van der Waals surface area (Å²) in [5, 5.41) is 0. The van der Waals surface area contributed by atoms with Crippen molar-refractivity contribution in [2.75, 3.05) is 68.4 Å². The fourth-order valence-electron chi connectivity index (χ4n) is 6.19. The highest BCUT2D eigenvalue weighted by Crippen LogP contribution is 2.43. The molecule has 0 unspecified atom stereocenters. The SMILES string of the molecule is CN1CCN(c2ccc(C(=O)N3CCC4(CC3)CCN(c3ccc(-c5ccnc(N)c5)cc3)C4=O)cc2)CC1. The summed E-state index contributed by atoms with van der Waals surface area (Å²) in [4.78, 5) is 39.5. The Bertz CT molecular complexity index is 1340. The van der Waals surface area contributed by atoms with Crippen molar-refractivity contribution in [1.29, 1.82) is 0 Å². The van der Waals surface area contributed by atoms with E-state index in [0.29, 0.717) is 38.3 Å². The number of anilines is 3. The lowest BCUT2D eigenvalue weighted by Crippen LogP contribution is -2.46. The molecule has 8 nitrogen and oxygen atoms in total. The number of nitrogen functional groups attached to an aromatic ring is 1. The van der Waals surface area contributed by atoms with Crippen LogP contribution in [0.2, 0.25) is 0 Å². The molecule has 0 aliphatic carbocycles. The predicted octanol–water partition coefficient (Wildman–Crippen LogP) is 3.74. The van der Waals surface area contributed by atoms with E-state index in [9.17, 15) is 9.59 Å². The zero-order valence-corrected chi connectivity index (χ0v) is 22.6. The molecule has 1 aromatic heterocycles. The highest BCUT2D eigenvalue weighted by atomic mass is 16.2. The molecule has 0 saturated carbocycles. The number of benzene rings is 2. The van der Waals surface area contributed by atoms with Gasteiger partial charge in [-0.1, -0.05) is 12.1 Å². The standard InChI is InChI=1S/C31H36N6O2/c1-34-18-20-35(21-19-34)26-6-4-24(5-7-26)29(38)36-15-11-31(12-16-36)13-17-37(30(31)39)27-8-2-23(3-9-27)25-10-14-33-28(32)22-25/h2-10,14,22H,11-13,15-21H2,1H3,(H2,32,33). The van der Waals surface area contributed by atoms with E-state index in [2.05, 4.69) is 34.0 Å². The van der Waals surface area contributed by atoms with Gasteiger partial charge in [0.1, 0.15) is 5.82 Å². The van der Waals surface area contributed by atoms with E-state index in [1.165, 1.54) is 5.69 Å². The lowest BCUT2D eigenvalue weighted by molar-refractivity contribution is -0.127. The number of piperidine rings is 1. The Labute approximate surface area is 230 Å². The maximum absolute atomic E-state index is 13.6. The Kier molecular flexibility index (Phi) is 6.73. The Hall–Kier alpha value is -3.91. The van der Waals surface area contributed by atoms with E-state index in [1.807, 2.05) is 58.3 Å². The van der Waals surface area contributed by atoms with Gasteiger partial charge in [0, 0.05) is 68.9 Å².